The summed E-state index contributed by atoms with van der Waals surface area (Å²) in [4.78, 5) is 27.3. The molecule has 0 N–H and O–H groups in total. The maximum atomic E-state index is 12.8. The van der Waals surface area contributed by atoms with Crippen molar-refractivity contribution in [3.05, 3.63) is 70.5 Å². The molecule has 0 radical (unpaired) electrons. The smallest absolute Gasteiger partial charge is 0.292 e. The van der Waals surface area contributed by atoms with Crippen molar-refractivity contribution in [2.75, 3.05) is 31.1 Å². The van der Waals surface area contributed by atoms with Gasteiger partial charge < -0.3 is 9.80 Å². The van der Waals surface area contributed by atoms with Gasteiger partial charge in [-0.15, -0.1) is 5.10 Å². The third-order valence-corrected chi connectivity index (χ3v) is 4.71. The number of carbonyl (C=O) groups excluding carboxylic acids is 1. The third-order valence-electron chi connectivity index (χ3n) is 4.71. The van der Waals surface area contributed by atoms with Crippen LogP contribution in [-0.4, -0.2) is 62.1 Å². The highest BCUT2D eigenvalue weighted by Crippen LogP contribution is 2.28. The van der Waals surface area contributed by atoms with E-state index in [1.54, 1.807) is 47.4 Å². The molecule has 1 amide bonds. The molecule has 2 aromatic carbocycles. The number of nitro benzene ring substituents is 1. The van der Waals surface area contributed by atoms with Gasteiger partial charge in [-0.25, -0.2) is 4.68 Å². The average molecular weight is 379 g/mol. The van der Waals surface area contributed by atoms with Crippen LogP contribution in [0.15, 0.2) is 54.9 Å². The molecule has 142 valence electrons. The van der Waals surface area contributed by atoms with E-state index < -0.39 is 0 Å². The van der Waals surface area contributed by atoms with Crippen molar-refractivity contribution in [3.63, 3.8) is 0 Å². The van der Waals surface area contributed by atoms with Gasteiger partial charge in [0.1, 0.15) is 12.0 Å². The Morgan fingerprint density at radius 1 is 1.00 bits per heavy atom. The van der Waals surface area contributed by atoms with Gasteiger partial charge in [0, 0.05) is 37.8 Å². The molecule has 1 aromatic heterocycles. The van der Waals surface area contributed by atoms with Crippen molar-refractivity contribution >= 4 is 17.3 Å². The molecule has 0 bridgehead atoms. The number of anilines is 1. The number of tetrazole rings is 1. The zero-order valence-corrected chi connectivity index (χ0v) is 14.9. The molecule has 1 aliphatic heterocycles. The van der Waals surface area contributed by atoms with E-state index in [-0.39, 0.29) is 16.5 Å². The fourth-order valence-corrected chi connectivity index (χ4v) is 3.26. The standard InChI is InChI=1S/C18H17N7O3/c26-18(14-5-7-15(8-6-14)24-13-19-20-21-24)23-11-9-22(10-12-23)16-3-1-2-4-17(16)25(27)28/h1-8,13H,9-12H2. The number of piperazine rings is 1. The predicted octanol–water partition coefficient (Wildman–Crippen LogP) is 1.53. The molecular formula is C18H17N7O3. The number of aromatic nitrogens is 4. The van der Waals surface area contributed by atoms with Crippen molar-refractivity contribution in [3.8, 4) is 5.69 Å². The molecule has 28 heavy (non-hydrogen) atoms. The van der Waals surface area contributed by atoms with Gasteiger partial charge in [-0.3, -0.25) is 14.9 Å². The molecule has 0 spiro atoms. The summed E-state index contributed by atoms with van der Waals surface area (Å²) in [6.07, 6.45) is 1.48. The summed E-state index contributed by atoms with van der Waals surface area (Å²) in [5.41, 5.74) is 2.02. The molecule has 4 rings (SSSR count). The number of hydrogen-bond acceptors (Lipinski definition) is 7. The Morgan fingerprint density at radius 3 is 2.36 bits per heavy atom. The first-order chi connectivity index (χ1) is 13.6. The van der Waals surface area contributed by atoms with Crippen LogP contribution in [0.1, 0.15) is 10.4 Å². The maximum absolute atomic E-state index is 12.8. The molecule has 0 saturated carbocycles. The lowest BCUT2D eigenvalue weighted by Crippen LogP contribution is -2.48. The van der Waals surface area contributed by atoms with Crippen molar-refractivity contribution in [2.24, 2.45) is 0 Å². The highest BCUT2D eigenvalue weighted by atomic mass is 16.6. The zero-order valence-electron chi connectivity index (χ0n) is 14.9. The summed E-state index contributed by atoms with van der Waals surface area (Å²) >= 11 is 0. The van der Waals surface area contributed by atoms with Crippen molar-refractivity contribution < 1.29 is 9.72 Å². The Labute approximate surface area is 160 Å². The van der Waals surface area contributed by atoms with Crippen LogP contribution in [0, 0.1) is 10.1 Å². The fraction of sp³-hybridized carbons (Fsp3) is 0.222. The van der Waals surface area contributed by atoms with Gasteiger partial charge in [0.25, 0.3) is 11.6 Å². The monoisotopic (exact) mass is 379 g/mol. The fourth-order valence-electron chi connectivity index (χ4n) is 3.26. The molecule has 3 aromatic rings. The van der Waals surface area contributed by atoms with E-state index in [1.807, 2.05) is 4.90 Å². The summed E-state index contributed by atoms with van der Waals surface area (Å²) in [5.74, 6) is -0.0644. The number of rotatable bonds is 4. The Bertz CT molecular complexity index is 981. The Kier molecular flexibility index (Phi) is 4.67. The van der Waals surface area contributed by atoms with E-state index in [0.29, 0.717) is 37.4 Å². The van der Waals surface area contributed by atoms with Crippen LogP contribution < -0.4 is 4.90 Å². The first-order valence-electron chi connectivity index (χ1n) is 8.74. The first-order valence-corrected chi connectivity index (χ1v) is 8.74. The van der Waals surface area contributed by atoms with Crippen LogP contribution in [0.3, 0.4) is 0 Å². The molecule has 2 heterocycles. The van der Waals surface area contributed by atoms with E-state index >= 15 is 0 Å². The van der Waals surface area contributed by atoms with Crippen LogP contribution in [0.5, 0.6) is 0 Å². The highest BCUT2D eigenvalue weighted by Gasteiger charge is 2.26. The minimum absolute atomic E-state index is 0.0644. The predicted molar refractivity (Wildman–Crippen MR) is 100 cm³/mol. The topological polar surface area (TPSA) is 110 Å². The molecule has 0 aliphatic carbocycles. The molecule has 0 unspecified atom stereocenters. The number of para-hydroxylation sites is 2. The Balaban J connectivity index is 1.42. The second kappa shape index (κ2) is 7.43. The minimum Gasteiger partial charge on any atom is -0.362 e. The molecule has 0 atom stereocenters. The van der Waals surface area contributed by atoms with Crippen LogP contribution in [0.2, 0.25) is 0 Å². The molecule has 10 heteroatoms. The Morgan fingerprint density at radius 2 is 1.71 bits per heavy atom. The van der Waals surface area contributed by atoms with Gasteiger partial charge >= 0.3 is 0 Å². The van der Waals surface area contributed by atoms with Gasteiger partial charge in [0.2, 0.25) is 0 Å². The molecule has 1 aliphatic rings. The van der Waals surface area contributed by atoms with E-state index in [0.717, 1.165) is 5.69 Å². The summed E-state index contributed by atoms with van der Waals surface area (Å²) in [6, 6.07) is 13.7. The zero-order chi connectivity index (χ0) is 19.5. The van der Waals surface area contributed by atoms with Crippen LogP contribution in [-0.2, 0) is 0 Å². The second-order valence-electron chi connectivity index (χ2n) is 6.33. The normalized spacial score (nSPS) is 14.1. The van der Waals surface area contributed by atoms with Crippen molar-refractivity contribution in [2.45, 2.75) is 0 Å². The second-order valence-corrected chi connectivity index (χ2v) is 6.33. The lowest BCUT2D eigenvalue weighted by molar-refractivity contribution is -0.384. The minimum atomic E-state index is -0.376. The number of nitrogens with zero attached hydrogens (tertiary/aromatic N) is 7. The summed E-state index contributed by atoms with van der Waals surface area (Å²) < 4.78 is 1.51. The van der Waals surface area contributed by atoms with Gasteiger partial charge in [-0.2, -0.15) is 0 Å². The highest BCUT2D eigenvalue weighted by molar-refractivity contribution is 5.94. The van der Waals surface area contributed by atoms with E-state index in [1.165, 1.54) is 17.1 Å². The van der Waals surface area contributed by atoms with E-state index in [9.17, 15) is 14.9 Å². The SMILES string of the molecule is O=C(c1ccc(-n2cnnn2)cc1)N1CCN(c2ccccc2[N+](=O)[O-])CC1. The number of amides is 1. The molecule has 10 nitrogen and oxygen atoms in total. The summed E-state index contributed by atoms with van der Waals surface area (Å²) in [7, 11) is 0. The third kappa shape index (κ3) is 3.39. The van der Waals surface area contributed by atoms with Crippen molar-refractivity contribution in [1.29, 1.82) is 0 Å². The average Bonchev–Trinajstić information content (AvgIpc) is 3.28. The lowest BCUT2D eigenvalue weighted by atomic mass is 10.1. The first kappa shape index (κ1) is 17.6. The van der Waals surface area contributed by atoms with Crippen LogP contribution >= 0.6 is 0 Å². The summed E-state index contributed by atoms with van der Waals surface area (Å²) in [6.45, 7) is 2.08. The number of benzene rings is 2. The number of nitro groups is 1. The molecule has 1 fully saturated rings. The molecule has 1 saturated heterocycles. The van der Waals surface area contributed by atoms with Crippen LogP contribution in [0.25, 0.3) is 5.69 Å². The number of hydrogen-bond donors (Lipinski definition) is 0. The Hall–Kier alpha value is -3.82. The molecular weight excluding hydrogens is 362 g/mol. The number of carbonyl (C=O) groups is 1. The van der Waals surface area contributed by atoms with Crippen molar-refractivity contribution in [1.82, 2.24) is 25.1 Å². The van der Waals surface area contributed by atoms with Gasteiger partial charge in [0.15, 0.2) is 0 Å². The van der Waals surface area contributed by atoms with Gasteiger partial charge in [-0.1, -0.05) is 12.1 Å². The van der Waals surface area contributed by atoms with Gasteiger partial charge in [-0.05, 0) is 40.8 Å². The van der Waals surface area contributed by atoms with E-state index in [4.69, 9.17) is 0 Å². The quantitative estimate of drug-likeness (QED) is 0.499. The maximum Gasteiger partial charge on any atom is 0.292 e. The summed E-state index contributed by atoms with van der Waals surface area (Å²) in [5, 5.41) is 22.2. The van der Waals surface area contributed by atoms with E-state index in [2.05, 4.69) is 15.5 Å². The lowest BCUT2D eigenvalue weighted by Gasteiger charge is -2.35. The van der Waals surface area contributed by atoms with Gasteiger partial charge in [0.05, 0.1) is 10.6 Å². The largest absolute Gasteiger partial charge is 0.362 e. The van der Waals surface area contributed by atoms with Crippen LogP contribution in [0.4, 0.5) is 11.4 Å².